The van der Waals surface area contributed by atoms with Crippen LogP contribution in [0.1, 0.15) is 12.8 Å². The van der Waals surface area contributed by atoms with Crippen molar-refractivity contribution in [1.82, 2.24) is 15.1 Å². The van der Waals surface area contributed by atoms with Crippen LogP contribution in [0.2, 0.25) is 0 Å². The van der Waals surface area contributed by atoms with Gasteiger partial charge in [-0.2, -0.15) is 0 Å². The molecule has 2 aliphatic heterocycles. The molecule has 2 saturated heterocycles. The molecule has 1 N–H and O–H groups in total. The number of benzene rings is 1. The highest BCUT2D eigenvalue weighted by atomic mass is 32.2. The molecule has 7 heteroatoms. The Kier molecular flexibility index (Phi) is 4.87. The Hall–Kier alpha value is -1.60. The highest BCUT2D eigenvalue weighted by molar-refractivity contribution is 7.91. The number of carbonyl (C=O) groups is 1. The molecule has 0 radical (unpaired) electrons. The lowest BCUT2D eigenvalue weighted by Gasteiger charge is -2.36. The molecule has 0 spiro atoms. The first-order valence-corrected chi connectivity index (χ1v) is 9.76. The summed E-state index contributed by atoms with van der Waals surface area (Å²) >= 11 is 0. The second-order valence-corrected chi connectivity index (χ2v) is 8.24. The largest absolute Gasteiger partial charge is 0.336 e. The zero-order chi connectivity index (χ0) is 16.3. The van der Waals surface area contributed by atoms with E-state index in [0.717, 1.165) is 39.0 Å². The molecule has 2 amide bonds. The van der Waals surface area contributed by atoms with Crippen molar-refractivity contribution >= 4 is 15.9 Å². The van der Waals surface area contributed by atoms with Gasteiger partial charge in [-0.15, -0.1) is 0 Å². The summed E-state index contributed by atoms with van der Waals surface area (Å²) in [6.07, 6.45) is 1.83. The van der Waals surface area contributed by atoms with Crippen molar-refractivity contribution in [1.29, 1.82) is 0 Å². The van der Waals surface area contributed by atoms with E-state index in [1.165, 1.54) is 0 Å². The maximum absolute atomic E-state index is 12.3. The fourth-order valence-electron chi connectivity index (χ4n) is 3.28. The number of nitrogens with one attached hydrogen (secondary N) is 1. The van der Waals surface area contributed by atoms with E-state index in [1.807, 2.05) is 11.0 Å². The van der Waals surface area contributed by atoms with Crippen LogP contribution in [0, 0.1) is 0 Å². The third-order valence-electron chi connectivity index (χ3n) is 4.67. The van der Waals surface area contributed by atoms with Gasteiger partial charge in [0.15, 0.2) is 9.84 Å². The van der Waals surface area contributed by atoms with Gasteiger partial charge in [-0.25, -0.2) is 13.2 Å². The molecule has 3 rings (SSSR count). The summed E-state index contributed by atoms with van der Waals surface area (Å²) in [6.45, 7) is 3.76. The molecule has 23 heavy (non-hydrogen) atoms. The quantitative estimate of drug-likeness (QED) is 0.868. The van der Waals surface area contributed by atoms with Gasteiger partial charge in [-0.05, 0) is 25.0 Å². The molecule has 1 aromatic rings. The third-order valence-corrected chi connectivity index (χ3v) is 6.38. The Balaban J connectivity index is 1.49. The van der Waals surface area contributed by atoms with E-state index in [2.05, 4.69) is 10.2 Å². The molecule has 0 aliphatic carbocycles. The van der Waals surface area contributed by atoms with Crippen LogP contribution >= 0.6 is 0 Å². The normalized spacial score (nSPS) is 20.7. The maximum atomic E-state index is 12.3. The molecular formula is C16H23N3O3S. The van der Waals surface area contributed by atoms with Crippen molar-refractivity contribution in [2.45, 2.75) is 23.8 Å². The van der Waals surface area contributed by atoms with E-state index < -0.39 is 9.84 Å². The topological polar surface area (TPSA) is 69.7 Å². The molecule has 2 aliphatic rings. The molecule has 0 atom stereocenters. The maximum Gasteiger partial charge on any atom is 0.317 e. The number of piperidine rings is 1. The van der Waals surface area contributed by atoms with E-state index >= 15 is 0 Å². The van der Waals surface area contributed by atoms with E-state index in [-0.39, 0.29) is 11.8 Å². The molecule has 0 unspecified atom stereocenters. The number of nitrogens with zero attached hydrogens (tertiary/aromatic N) is 2. The van der Waals surface area contributed by atoms with Crippen LogP contribution in [0.5, 0.6) is 0 Å². The smallest absolute Gasteiger partial charge is 0.317 e. The highest BCUT2D eigenvalue weighted by Gasteiger charge is 2.30. The Labute approximate surface area is 137 Å². The van der Waals surface area contributed by atoms with Crippen LogP contribution in [0.4, 0.5) is 4.79 Å². The standard InChI is InChI=1S/C16H23N3O3S/c20-16-17-8-11-19(16)14-6-9-18(10-7-14)12-13-23(21,22)15-4-2-1-3-5-15/h1-5,14H,6-13H2,(H,17,20). The predicted molar refractivity (Wildman–Crippen MR) is 88.1 cm³/mol. The van der Waals surface area contributed by atoms with Gasteiger partial charge in [0.25, 0.3) is 0 Å². The predicted octanol–water partition coefficient (Wildman–Crippen LogP) is 0.950. The van der Waals surface area contributed by atoms with Gasteiger partial charge in [-0.1, -0.05) is 18.2 Å². The van der Waals surface area contributed by atoms with Crippen molar-refractivity contribution in [2.24, 2.45) is 0 Å². The van der Waals surface area contributed by atoms with Crippen molar-refractivity contribution in [3.05, 3.63) is 30.3 Å². The molecule has 1 aromatic carbocycles. The fraction of sp³-hybridized carbons (Fsp3) is 0.562. The van der Waals surface area contributed by atoms with E-state index in [1.54, 1.807) is 24.3 Å². The van der Waals surface area contributed by atoms with Gasteiger partial charge in [0.05, 0.1) is 10.6 Å². The number of hydrogen-bond donors (Lipinski definition) is 1. The monoisotopic (exact) mass is 337 g/mol. The summed E-state index contributed by atoms with van der Waals surface area (Å²) < 4.78 is 24.6. The second kappa shape index (κ2) is 6.88. The number of hydrogen-bond acceptors (Lipinski definition) is 4. The summed E-state index contributed by atoms with van der Waals surface area (Å²) in [5.74, 6) is 0.145. The van der Waals surface area contributed by atoms with Gasteiger partial charge in [-0.3, -0.25) is 0 Å². The minimum atomic E-state index is -3.21. The second-order valence-electron chi connectivity index (χ2n) is 6.13. The van der Waals surface area contributed by atoms with Crippen LogP contribution < -0.4 is 5.32 Å². The summed E-state index contributed by atoms with van der Waals surface area (Å²) in [5.41, 5.74) is 0. The molecule has 2 fully saturated rings. The van der Waals surface area contributed by atoms with Crippen molar-refractivity contribution < 1.29 is 13.2 Å². The van der Waals surface area contributed by atoms with Gasteiger partial charge in [0.2, 0.25) is 0 Å². The molecule has 0 bridgehead atoms. The first-order chi connectivity index (χ1) is 11.1. The minimum absolute atomic E-state index is 0.0371. The van der Waals surface area contributed by atoms with Crippen molar-refractivity contribution in [3.8, 4) is 0 Å². The number of urea groups is 1. The Morgan fingerprint density at radius 3 is 2.39 bits per heavy atom. The molecule has 0 aromatic heterocycles. The Morgan fingerprint density at radius 2 is 1.78 bits per heavy atom. The van der Waals surface area contributed by atoms with Crippen molar-refractivity contribution in [2.75, 3.05) is 38.5 Å². The molecule has 0 saturated carbocycles. The lowest BCUT2D eigenvalue weighted by atomic mass is 10.0. The summed E-state index contributed by atoms with van der Waals surface area (Å²) in [5, 5.41) is 2.84. The van der Waals surface area contributed by atoms with Crippen LogP contribution in [0.15, 0.2) is 35.2 Å². The SMILES string of the molecule is O=C1NCCN1C1CCN(CCS(=O)(=O)c2ccccc2)CC1. The zero-order valence-electron chi connectivity index (χ0n) is 13.1. The summed E-state index contributed by atoms with van der Waals surface area (Å²) in [6, 6.07) is 8.94. The minimum Gasteiger partial charge on any atom is -0.336 e. The van der Waals surface area contributed by atoms with Gasteiger partial charge in [0, 0.05) is 38.8 Å². The van der Waals surface area contributed by atoms with Crippen LogP contribution in [0.3, 0.4) is 0 Å². The fourth-order valence-corrected chi connectivity index (χ4v) is 4.59. The van der Waals surface area contributed by atoms with Crippen LogP contribution in [-0.4, -0.2) is 68.8 Å². The zero-order valence-corrected chi connectivity index (χ0v) is 14.0. The first-order valence-electron chi connectivity index (χ1n) is 8.11. The number of likely N-dealkylation sites (tertiary alicyclic amines) is 1. The lowest BCUT2D eigenvalue weighted by molar-refractivity contribution is 0.140. The highest BCUT2D eigenvalue weighted by Crippen LogP contribution is 2.19. The van der Waals surface area contributed by atoms with Gasteiger partial charge >= 0.3 is 6.03 Å². The Morgan fingerprint density at radius 1 is 1.09 bits per heavy atom. The number of carbonyl (C=O) groups excluding carboxylic acids is 1. The average Bonchev–Trinajstić information content (AvgIpc) is 3.00. The molecular weight excluding hydrogens is 314 g/mol. The third kappa shape index (κ3) is 3.84. The van der Waals surface area contributed by atoms with E-state index in [0.29, 0.717) is 17.5 Å². The summed E-state index contributed by atoms with van der Waals surface area (Å²) in [7, 11) is -3.21. The lowest BCUT2D eigenvalue weighted by Crippen LogP contribution is -2.46. The van der Waals surface area contributed by atoms with Crippen LogP contribution in [-0.2, 0) is 9.84 Å². The molecule has 126 valence electrons. The number of amides is 2. The average molecular weight is 337 g/mol. The van der Waals surface area contributed by atoms with E-state index in [9.17, 15) is 13.2 Å². The van der Waals surface area contributed by atoms with Gasteiger partial charge in [0.1, 0.15) is 0 Å². The van der Waals surface area contributed by atoms with Crippen molar-refractivity contribution in [3.63, 3.8) is 0 Å². The number of sulfone groups is 1. The molecule has 2 heterocycles. The first kappa shape index (κ1) is 16.3. The Bertz CT molecular complexity index is 640. The van der Waals surface area contributed by atoms with Gasteiger partial charge < -0.3 is 15.1 Å². The summed E-state index contributed by atoms with van der Waals surface area (Å²) in [4.78, 5) is 16.2. The molecule has 6 nitrogen and oxygen atoms in total. The number of rotatable bonds is 5. The van der Waals surface area contributed by atoms with E-state index in [4.69, 9.17) is 0 Å². The van der Waals surface area contributed by atoms with Crippen LogP contribution in [0.25, 0.3) is 0 Å².